The largest absolute Gasteiger partial charge is 0.466 e. The zero-order valence-corrected chi connectivity index (χ0v) is 12.9. The number of carbonyl (C=O) groups is 1. The van der Waals surface area contributed by atoms with Crippen LogP contribution in [0.3, 0.4) is 0 Å². The average Bonchev–Trinajstić information content (AvgIpc) is 3.09. The van der Waals surface area contributed by atoms with Crippen LogP contribution in [0.25, 0.3) is 0 Å². The third kappa shape index (κ3) is 2.26. The number of aromatic nitrogens is 1. The summed E-state index contributed by atoms with van der Waals surface area (Å²) in [6, 6.07) is 1.87. The third-order valence-corrected chi connectivity index (χ3v) is 4.21. The van der Waals surface area contributed by atoms with E-state index in [2.05, 4.69) is 5.16 Å². The molecule has 0 aliphatic carbocycles. The predicted octanol–water partition coefficient (Wildman–Crippen LogP) is 3.48. The van der Waals surface area contributed by atoms with Gasteiger partial charge in [-0.05, 0) is 46.6 Å². The summed E-state index contributed by atoms with van der Waals surface area (Å²) in [4.78, 5) is 14.7. The van der Waals surface area contributed by atoms with Gasteiger partial charge in [-0.1, -0.05) is 5.16 Å². The maximum Gasteiger partial charge on any atom is 0.257 e. The van der Waals surface area contributed by atoms with Crippen molar-refractivity contribution in [2.45, 2.75) is 46.6 Å². The second kappa shape index (κ2) is 5.06. The maximum atomic E-state index is 12.8. The second-order valence-electron chi connectivity index (χ2n) is 5.72. The molecule has 1 saturated heterocycles. The molecule has 2 aromatic heterocycles. The molecule has 5 nitrogen and oxygen atoms in total. The summed E-state index contributed by atoms with van der Waals surface area (Å²) in [5, 5.41) is 4.02. The van der Waals surface area contributed by atoms with Gasteiger partial charge in [0.15, 0.2) is 0 Å². The molecule has 1 atom stereocenters. The Hall–Kier alpha value is -2.04. The van der Waals surface area contributed by atoms with Gasteiger partial charge in [-0.2, -0.15) is 0 Å². The van der Waals surface area contributed by atoms with E-state index in [1.807, 2.05) is 38.7 Å². The van der Waals surface area contributed by atoms with E-state index in [9.17, 15) is 4.79 Å². The SMILES string of the molecule is Cc1cc(C(=O)N2CCC[C@H]2c2c(C)noc2C)c(C)o1. The lowest BCUT2D eigenvalue weighted by molar-refractivity contribution is 0.0733. The third-order valence-electron chi connectivity index (χ3n) is 4.21. The standard InChI is InChI=1S/C16H20N2O3/c1-9-8-13(11(3)20-9)16(19)18-7-5-6-14(18)15-10(2)17-21-12(15)4/h8,14H,5-7H2,1-4H3/t14-/m0/s1. The summed E-state index contributed by atoms with van der Waals surface area (Å²) in [5.41, 5.74) is 2.59. The van der Waals surface area contributed by atoms with E-state index < -0.39 is 0 Å². The first-order valence-electron chi connectivity index (χ1n) is 7.29. The number of carbonyl (C=O) groups excluding carboxylic acids is 1. The first-order chi connectivity index (χ1) is 9.99. The summed E-state index contributed by atoms with van der Waals surface area (Å²) < 4.78 is 10.8. The molecule has 21 heavy (non-hydrogen) atoms. The van der Waals surface area contributed by atoms with Gasteiger partial charge in [0.05, 0.1) is 17.3 Å². The molecule has 0 bridgehead atoms. The first kappa shape index (κ1) is 13.9. The van der Waals surface area contributed by atoms with Gasteiger partial charge in [0.25, 0.3) is 5.91 Å². The van der Waals surface area contributed by atoms with Gasteiger partial charge < -0.3 is 13.8 Å². The fourth-order valence-corrected chi connectivity index (χ4v) is 3.27. The van der Waals surface area contributed by atoms with Gasteiger partial charge in [-0.15, -0.1) is 0 Å². The second-order valence-corrected chi connectivity index (χ2v) is 5.72. The van der Waals surface area contributed by atoms with Crippen LogP contribution in [0.4, 0.5) is 0 Å². The molecular formula is C16H20N2O3. The van der Waals surface area contributed by atoms with Crippen LogP contribution in [0.2, 0.25) is 0 Å². The van der Waals surface area contributed by atoms with E-state index in [4.69, 9.17) is 8.94 Å². The number of likely N-dealkylation sites (tertiary alicyclic amines) is 1. The van der Waals surface area contributed by atoms with E-state index in [0.717, 1.165) is 42.2 Å². The summed E-state index contributed by atoms with van der Waals surface area (Å²) >= 11 is 0. The van der Waals surface area contributed by atoms with Gasteiger partial charge in [0.2, 0.25) is 0 Å². The molecule has 3 heterocycles. The van der Waals surface area contributed by atoms with Crippen LogP contribution in [0.15, 0.2) is 15.0 Å². The zero-order valence-electron chi connectivity index (χ0n) is 12.9. The van der Waals surface area contributed by atoms with Crippen LogP contribution >= 0.6 is 0 Å². The van der Waals surface area contributed by atoms with E-state index in [1.54, 1.807) is 0 Å². The molecule has 0 unspecified atom stereocenters. The van der Waals surface area contributed by atoms with Crippen molar-refractivity contribution < 1.29 is 13.7 Å². The van der Waals surface area contributed by atoms with Crippen molar-refractivity contribution in [3.05, 3.63) is 40.2 Å². The Morgan fingerprint density at radius 3 is 2.62 bits per heavy atom. The highest BCUT2D eigenvalue weighted by molar-refractivity contribution is 5.95. The van der Waals surface area contributed by atoms with Crippen molar-refractivity contribution >= 4 is 5.91 Å². The molecule has 5 heteroatoms. The average molecular weight is 288 g/mol. The normalized spacial score (nSPS) is 18.5. The number of furan rings is 1. The molecule has 1 aliphatic heterocycles. The summed E-state index contributed by atoms with van der Waals surface area (Å²) in [6.45, 7) is 8.29. The number of rotatable bonds is 2. The minimum absolute atomic E-state index is 0.0341. The van der Waals surface area contributed by atoms with Crippen LogP contribution in [-0.4, -0.2) is 22.5 Å². The van der Waals surface area contributed by atoms with Gasteiger partial charge in [-0.3, -0.25) is 4.79 Å². The summed E-state index contributed by atoms with van der Waals surface area (Å²) in [7, 11) is 0. The van der Waals surface area contributed by atoms with Gasteiger partial charge >= 0.3 is 0 Å². The fourth-order valence-electron chi connectivity index (χ4n) is 3.27. The minimum atomic E-state index is 0.0341. The molecule has 0 spiro atoms. The van der Waals surface area contributed by atoms with Crippen molar-refractivity contribution in [2.75, 3.05) is 6.54 Å². The van der Waals surface area contributed by atoms with Crippen LogP contribution < -0.4 is 0 Å². The summed E-state index contributed by atoms with van der Waals surface area (Å²) in [5.74, 6) is 2.29. The van der Waals surface area contributed by atoms with Crippen LogP contribution in [-0.2, 0) is 0 Å². The van der Waals surface area contributed by atoms with E-state index in [-0.39, 0.29) is 11.9 Å². The lowest BCUT2D eigenvalue weighted by atomic mass is 10.0. The number of amides is 1. The van der Waals surface area contributed by atoms with Crippen molar-refractivity contribution in [1.82, 2.24) is 10.1 Å². The number of hydrogen-bond acceptors (Lipinski definition) is 4. The molecule has 0 saturated carbocycles. The Morgan fingerprint density at radius 1 is 1.29 bits per heavy atom. The van der Waals surface area contributed by atoms with Crippen molar-refractivity contribution in [3.63, 3.8) is 0 Å². The molecular weight excluding hydrogens is 268 g/mol. The Labute approximate surface area is 123 Å². The van der Waals surface area contributed by atoms with Crippen LogP contribution in [0.1, 0.15) is 57.8 Å². The maximum absolute atomic E-state index is 12.8. The molecule has 0 radical (unpaired) electrons. The molecule has 112 valence electrons. The number of nitrogens with zero attached hydrogens (tertiary/aromatic N) is 2. The first-order valence-corrected chi connectivity index (χ1v) is 7.29. The van der Waals surface area contributed by atoms with Crippen molar-refractivity contribution in [3.8, 4) is 0 Å². The van der Waals surface area contributed by atoms with E-state index in [0.29, 0.717) is 11.3 Å². The monoisotopic (exact) mass is 288 g/mol. The molecule has 3 rings (SSSR count). The zero-order chi connectivity index (χ0) is 15.1. The lowest BCUT2D eigenvalue weighted by Crippen LogP contribution is -2.31. The molecule has 1 aliphatic rings. The van der Waals surface area contributed by atoms with Gasteiger partial charge in [0, 0.05) is 12.1 Å². The minimum Gasteiger partial charge on any atom is -0.466 e. The Kier molecular flexibility index (Phi) is 3.35. The Morgan fingerprint density at radius 2 is 2.05 bits per heavy atom. The summed E-state index contributed by atoms with van der Waals surface area (Å²) in [6.07, 6.45) is 1.95. The fraction of sp³-hybridized carbons (Fsp3) is 0.500. The van der Waals surface area contributed by atoms with E-state index >= 15 is 0 Å². The Balaban J connectivity index is 1.94. The quantitative estimate of drug-likeness (QED) is 0.849. The Bertz CT molecular complexity index is 664. The smallest absolute Gasteiger partial charge is 0.257 e. The highest BCUT2D eigenvalue weighted by atomic mass is 16.5. The highest BCUT2D eigenvalue weighted by Gasteiger charge is 2.35. The van der Waals surface area contributed by atoms with E-state index in [1.165, 1.54) is 0 Å². The molecule has 0 N–H and O–H groups in total. The number of hydrogen-bond donors (Lipinski definition) is 0. The lowest BCUT2D eigenvalue weighted by Gasteiger charge is -2.24. The molecule has 1 amide bonds. The van der Waals surface area contributed by atoms with Gasteiger partial charge in [-0.25, -0.2) is 0 Å². The van der Waals surface area contributed by atoms with Crippen LogP contribution in [0.5, 0.6) is 0 Å². The van der Waals surface area contributed by atoms with Gasteiger partial charge in [0.1, 0.15) is 17.3 Å². The molecule has 2 aromatic rings. The van der Waals surface area contributed by atoms with Crippen molar-refractivity contribution in [2.24, 2.45) is 0 Å². The molecule has 1 fully saturated rings. The van der Waals surface area contributed by atoms with Crippen molar-refractivity contribution in [1.29, 1.82) is 0 Å². The number of aryl methyl sites for hydroxylation is 4. The predicted molar refractivity (Wildman–Crippen MR) is 77.2 cm³/mol. The van der Waals surface area contributed by atoms with Crippen LogP contribution in [0, 0.1) is 27.7 Å². The molecule has 0 aromatic carbocycles. The topological polar surface area (TPSA) is 59.5 Å². The highest BCUT2D eigenvalue weighted by Crippen LogP contribution is 2.36.